The van der Waals surface area contributed by atoms with Crippen molar-refractivity contribution in [3.05, 3.63) is 106 Å². The molecule has 5 N–H and O–H groups in total. The molecule has 1 aromatic heterocycles. The van der Waals surface area contributed by atoms with Crippen LogP contribution < -0.4 is 20.7 Å². The number of nitrogens with one attached hydrogen (secondary N) is 4. The van der Waals surface area contributed by atoms with Gasteiger partial charge < -0.3 is 30.8 Å². The molecule has 0 aliphatic rings. The van der Waals surface area contributed by atoms with Crippen LogP contribution in [0.2, 0.25) is 0 Å². The van der Waals surface area contributed by atoms with Gasteiger partial charge in [0.05, 0.1) is 31.1 Å². The van der Waals surface area contributed by atoms with Gasteiger partial charge in [-0.15, -0.1) is 0 Å². The number of carboxylic acid groups (broad SMARTS) is 1. The van der Waals surface area contributed by atoms with E-state index in [0.29, 0.717) is 23.4 Å². The number of aromatic carboxylic acids is 1. The van der Waals surface area contributed by atoms with Crippen molar-refractivity contribution in [1.82, 2.24) is 25.9 Å². The number of amides is 2. The molecule has 0 saturated carbocycles. The first kappa shape index (κ1) is 31.0. The van der Waals surface area contributed by atoms with Gasteiger partial charge in [-0.05, 0) is 79.3 Å². The molecule has 3 aromatic carbocycles. The molecule has 0 radical (unpaired) electrons. The maximum absolute atomic E-state index is 13.8. The van der Waals surface area contributed by atoms with Crippen molar-refractivity contribution in [2.75, 3.05) is 14.2 Å². The molecule has 224 valence electrons. The lowest BCUT2D eigenvalue weighted by molar-refractivity contribution is -0.123. The number of imidazole rings is 1. The SMILES string of the molecule is CNC(=O)c1cc(C)c(CC(NCc2ccc(OC)c(C(=O)O)c2)C(=O)NC(C)c2ncc(-c3ccccc3)[nH]2)c(C)c1. The molecule has 10 nitrogen and oxygen atoms in total. The number of aryl methyl sites for hydroxylation is 2. The van der Waals surface area contributed by atoms with Crippen molar-refractivity contribution in [2.45, 2.75) is 45.8 Å². The molecule has 0 spiro atoms. The number of H-pyrrole nitrogens is 1. The molecule has 0 bridgehead atoms. The van der Waals surface area contributed by atoms with E-state index in [1.165, 1.54) is 13.2 Å². The molecular formula is C33H37N5O5. The van der Waals surface area contributed by atoms with E-state index in [1.54, 1.807) is 25.4 Å². The lowest BCUT2D eigenvalue weighted by atomic mass is 9.93. The predicted octanol–water partition coefficient (Wildman–Crippen LogP) is 4.34. The average molecular weight is 584 g/mol. The summed E-state index contributed by atoms with van der Waals surface area (Å²) >= 11 is 0. The van der Waals surface area contributed by atoms with Crippen LogP contribution >= 0.6 is 0 Å². The number of carboxylic acids is 1. The predicted molar refractivity (Wildman–Crippen MR) is 164 cm³/mol. The third kappa shape index (κ3) is 7.47. The van der Waals surface area contributed by atoms with Crippen LogP contribution in [-0.4, -0.2) is 53.1 Å². The van der Waals surface area contributed by atoms with Crippen molar-refractivity contribution in [3.63, 3.8) is 0 Å². The molecule has 0 fully saturated rings. The van der Waals surface area contributed by atoms with Gasteiger partial charge in [-0.25, -0.2) is 9.78 Å². The Bertz CT molecular complexity index is 1590. The van der Waals surface area contributed by atoms with Crippen molar-refractivity contribution in [1.29, 1.82) is 0 Å². The first-order chi connectivity index (χ1) is 20.6. The molecule has 2 unspecified atom stereocenters. The Morgan fingerprint density at radius 2 is 1.72 bits per heavy atom. The van der Waals surface area contributed by atoms with Crippen LogP contribution in [0.4, 0.5) is 0 Å². The van der Waals surface area contributed by atoms with Crippen LogP contribution in [0.5, 0.6) is 5.75 Å². The summed E-state index contributed by atoms with van der Waals surface area (Å²) in [5.74, 6) is -0.644. The number of hydrogen-bond acceptors (Lipinski definition) is 6. The summed E-state index contributed by atoms with van der Waals surface area (Å²) in [4.78, 5) is 45.5. The van der Waals surface area contributed by atoms with Gasteiger partial charge in [0, 0.05) is 19.2 Å². The maximum Gasteiger partial charge on any atom is 0.339 e. The number of ether oxygens (including phenoxy) is 1. The Morgan fingerprint density at radius 1 is 1.02 bits per heavy atom. The van der Waals surface area contributed by atoms with Crippen LogP contribution in [0.3, 0.4) is 0 Å². The Labute approximate surface area is 250 Å². The number of aromatic nitrogens is 2. The first-order valence-corrected chi connectivity index (χ1v) is 14.0. The molecule has 2 atom stereocenters. The van der Waals surface area contributed by atoms with E-state index in [0.717, 1.165) is 27.9 Å². The van der Waals surface area contributed by atoms with Gasteiger partial charge in [-0.3, -0.25) is 9.59 Å². The molecule has 1 heterocycles. The minimum absolute atomic E-state index is 0.0416. The summed E-state index contributed by atoms with van der Waals surface area (Å²) in [7, 11) is 3.01. The minimum Gasteiger partial charge on any atom is -0.496 e. The van der Waals surface area contributed by atoms with E-state index >= 15 is 0 Å². The highest BCUT2D eigenvalue weighted by molar-refractivity contribution is 5.94. The standard InChI is InChI=1S/C33H37N5O5/c1-19-13-24(31(39)34-4)14-20(2)25(19)16-27(35-17-22-11-12-29(43-5)26(15-22)33(41)42)32(40)37-21(3)30-36-18-28(38-30)23-9-7-6-8-10-23/h6-15,18,21,27,35H,16-17H2,1-5H3,(H,34,39)(H,36,38)(H,37,40)(H,41,42). The number of methoxy groups -OCH3 is 1. The lowest BCUT2D eigenvalue weighted by Crippen LogP contribution is -2.46. The average Bonchev–Trinajstić information content (AvgIpc) is 3.51. The van der Waals surface area contributed by atoms with Gasteiger partial charge >= 0.3 is 5.97 Å². The number of carbonyl (C=O) groups is 3. The number of rotatable bonds is 12. The van der Waals surface area contributed by atoms with Gasteiger partial charge in [0.15, 0.2) is 0 Å². The summed E-state index contributed by atoms with van der Waals surface area (Å²) < 4.78 is 5.18. The molecule has 0 aliphatic heterocycles. The fourth-order valence-corrected chi connectivity index (χ4v) is 5.03. The third-order valence-electron chi connectivity index (χ3n) is 7.41. The quantitative estimate of drug-likeness (QED) is 0.167. The molecule has 43 heavy (non-hydrogen) atoms. The fraction of sp³-hybridized carbons (Fsp3) is 0.273. The Hall–Kier alpha value is -4.96. The molecular weight excluding hydrogens is 546 g/mol. The van der Waals surface area contributed by atoms with Crippen LogP contribution in [0, 0.1) is 13.8 Å². The zero-order chi connectivity index (χ0) is 31.1. The van der Waals surface area contributed by atoms with Gasteiger partial charge in [-0.1, -0.05) is 36.4 Å². The summed E-state index contributed by atoms with van der Waals surface area (Å²) in [6.45, 7) is 5.94. The molecule has 0 aliphatic carbocycles. The third-order valence-corrected chi connectivity index (χ3v) is 7.41. The summed E-state index contributed by atoms with van der Waals surface area (Å²) in [6.07, 6.45) is 2.09. The maximum atomic E-state index is 13.8. The molecule has 10 heteroatoms. The molecule has 4 aromatic rings. The summed E-state index contributed by atoms with van der Waals surface area (Å²) in [5.41, 5.74) is 5.84. The van der Waals surface area contributed by atoms with Gasteiger partial charge in [0.25, 0.3) is 5.91 Å². The Kier molecular flexibility index (Phi) is 9.95. The second-order valence-corrected chi connectivity index (χ2v) is 10.4. The smallest absolute Gasteiger partial charge is 0.339 e. The van der Waals surface area contributed by atoms with E-state index in [2.05, 4.69) is 25.9 Å². The number of hydrogen-bond donors (Lipinski definition) is 5. The normalized spacial score (nSPS) is 12.3. The lowest BCUT2D eigenvalue weighted by Gasteiger charge is -2.23. The second kappa shape index (κ2) is 13.8. The van der Waals surface area contributed by atoms with Crippen LogP contribution in [0.25, 0.3) is 11.3 Å². The monoisotopic (exact) mass is 583 g/mol. The van der Waals surface area contributed by atoms with Crippen LogP contribution in [0.15, 0.2) is 66.9 Å². The van der Waals surface area contributed by atoms with Crippen LogP contribution in [0.1, 0.15) is 61.8 Å². The van der Waals surface area contributed by atoms with E-state index in [9.17, 15) is 19.5 Å². The van der Waals surface area contributed by atoms with Gasteiger partial charge in [0.1, 0.15) is 17.1 Å². The second-order valence-electron chi connectivity index (χ2n) is 10.4. The van der Waals surface area contributed by atoms with E-state index in [-0.39, 0.29) is 29.7 Å². The fourth-order valence-electron chi connectivity index (χ4n) is 5.03. The molecule has 2 amide bonds. The first-order valence-electron chi connectivity index (χ1n) is 14.0. The number of carbonyl (C=O) groups excluding carboxylic acids is 2. The van der Waals surface area contributed by atoms with Crippen molar-refractivity contribution >= 4 is 17.8 Å². The summed E-state index contributed by atoms with van der Waals surface area (Å²) in [6, 6.07) is 17.2. The Balaban J connectivity index is 1.58. The van der Waals surface area contributed by atoms with Crippen molar-refractivity contribution in [2.24, 2.45) is 0 Å². The Morgan fingerprint density at radius 3 is 2.35 bits per heavy atom. The zero-order valence-corrected chi connectivity index (χ0v) is 24.9. The highest BCUT2D eigenvalue weighted by Crippen LogP contribution is 2.23. The largest absolute Gasteiger partial charge is 0.496 e. The van der Waals surface area contributed by atoms with E-state index < -0.39 is 18.1 Å². The number of benzene rings is 3. The minimum atomic E-state index is -1.10. The van der Waals surface area contributed by atoms with Gasteiger partial charge in [0.2, 0.25) is 5.91 Å². The van der Waals surface area contributed by atoms with Gasteiger partial charge in [-0.2, -0.15) is 0 Å². The molecule has 0 saturated heterocycles. The molecule has 4 rings (SSSR count). The van der Waals surface area contributed by atoms with E-state index in [1.807, 2.05) is 63.2 Å². The highest BCUT2D eigenvalue weighted by Gasteiger charge is 2.24. The number of aromatic amines is 1. The van der Waals surface area contributed by atoms with Crippen LogP contribution in [-0.2, 0) is 17.8 Å². The zero-order valence-electron chi connectivity index (χ0n) is 24.9. The van der Waals surface area contributed by atoms with Crippen molar-refractivity contribution in [3.8, 4) is 17.0 Å². The summed E-state index contributed by atoms with van der Waals surface area (Å²) in [5, 5.41) is 18.6. The number of nitrogens with zero attached hydrogens (tertiary/aromatic N) is 1. The van der Waals surface area contributed by atoms with Crippen molar-refractivity contribution < 1.29 is 24.2 Å². The topological polar surface area (TPSA) is 145 Å². The van der Waals surface area contributed by atoms with E-state index in [4.69, 9.17) is 4.74 Å². The highest BCUT2D eigenvalue weighted by atomic mass is 16.5.